The Kier molecular flexibility index (Phi) is 0.793. The van der Waals surface area contributed by atoms with Crippen molar-refractivity contribution in [2.24, 2.45) is 47.3 Å². The second-order valence-electron chi connectivity index (χ2n) is 6.35. The van der Waals surface area contributed by atoms with Gasteiger partial charge in [-0.15, -0.1) is 0 Å². The van der Waals surface area contributed by atoms with Crippen LogP contribution in [0, 0.1) is 47.3 Å². The Morgan fingerprint density at radius 1 is 0.692 bits per heavy atom. The quantitative estimate of drug-likeness (QED) is 0.593. The maximum absolute atomic E-state index is 10.2. The minimum Gasteiger partial charge on any atom is -0.393 e. The number of fused-ring (bicyclic) bond motifs is 5. The van der Waals surface area contributed by atoms with Gasteiger partial charge in [-0.1, -0.05) is 0 Å². The minimum absolute atomic E-state index is 0.131. The first-order valence-electron chi connectivity index (χ1n) is 6.04. The van der Waals surface area contributed by atoms with Gasteiger partial charge in [-0.05, 0) is 66.6 Å². The summed E-state index contributed by atoms with van der Waals surface area (Å²) in [7, 11) is 0. The highest BCUT2D eigenvalue weighted by Crippen LogP contribution is 2.78. The predicted molar refractivity (Wildman–Crippen MR) is 47.8 cm³/mol. The predicted octanol–water partition coefficient (Wildman–Crippen LogP) is 1.52. The second-order valence-corrected chi connectivity index (χ2v) is 6.35. The van der Waals surface area contributed by atoms with Crippen molar-refractivity contribution in [2.75, 3.05) is 0 Å². The highest BCUT2D eigenvalue weighted by molar-refractivity contribution is 5.23. The Labute approximate surface area is 78.5 Å². The van der Waals surface area contributed by atoms with Crippen LogP contribution >= 0.6 is 0 Å². The molecule has 8 unspecified atom stereocenters. The molecule has 5 fully saturated rings. The molecule has 0 aliphatic heterocycles. The van der Waals surface area contributed by atoms with Crippen LogP contribution in [0.4, 0.5) is 0 Å². The summed E-state index contributed by atoms with van der Waals surface area (Å²) in [6, 6.07) is 0. The van der Waals surface area contributed by atoms with E-state index in [9.17, 15) is 5.11 Å². The van der Waals surface area contributed by atoms with Crippen LogP contribution in [-0.2, 0) is 0 Å². The monoisotopic (exact) mass is 176 g/mol. The van der Waals surface area contributed by atoms with Crippen molar-refractivity contribution >= 4 is 0 Å². The summed E-state index contributed by atoms with van der Waals surface area (Å²) in [5.41, 5.74) is 0. The highest BCUT2D eigenvalue weighted by Gasteiger charge is 2.75. The summed E-state index contributed by atoms with van der Waals surface area (Å²) in [5.74, 6) is 7.68. The van der Waals surface area contributed by atoms with Gasteiger partial charge in [-0.3, -0.25) is 0 Å². The summed E-state index contributed by atoms with van der Waals surface area (Å²) in [4.78, 5) is 0. The molecule has 5 rings (SSSR count). The lowest BCUT2D eigenvalue weighted by Gasteiger charge is -2.30. The number of hydrogen-bond acceptors (Lipinski definition) is 1. The van der Waals surface area contributed by atoms with E-state index in [2.05, 4.69) is 0 Å². The van der Waals surface area contributed by atoms with Gasteiger partial charge < -0.3 is 5.11 Å². The third-order valence-electron chi connectivity index (χ3n) is 6.54. The molecule has 0 radical (unpaired) electrons. The molecular formula is C12H16O. The zero-order valence-electron chi connectivity index (χ0n) is 7.76. The molecule has 1 N–H and O–H groups in total. The molecule has 5 aliphatic carbocycles. The third-order valence-corrected chi connectivity index (χ3v) is 6.54. The van der Waals surface area contributed by atoms with Gasteiger partial charge >= 0.3 is 0 Å². The van der Waals surface area contributed by atoms with Crippen molar-refractivity contribution in [3.05, 3.63) is 0 Å². The molecule has 0 heterocycles. The van der Waals surface area contributed by atoms with E-state index in [-0.39, 0.29) is 6.10 Å². The van der Waals surface area contributed by atoms with Crippen molar-refractivity contribution in [1.82, 2.24) is 0 Å². The van der Waals surface area contributed by atoms with Crippen molar-refractivity contribution in [1.29, 1.82) is 0 Å². The van der Waals surface area contributed by atoms with Crippen LogP contribution in [0.3, 0.4) is 0 Å². The lowest BCUT2D eigenvalue weighted by Crippen LogP contribution is -2.32. The zero-order chi connectivity index (χ0) is 8.32. The van der Waals surface area contributed by atoms with Crippen molar-refractivity contribution < 1.29 is 5.11 Å². The second kappa shape index (κ2) is 1.60. The molecule has 0 aromatic heterocycles. The van der Waals surface area contributed by atoms with E-state index in [0.29, 0.717) is 0 Å². The third kappa shape index (κ3) is 0.439. The number of aliphatic hydroxyl groups excluding tert-OH is 1. The van der Waals surface area contributed by atoms with Crippen LogP contribution in [0.2, 0.25) is 0 Å². The van der Waals surface area contributed by atoms with E-state index in [1.54, 1.807) is 6.42 Å². The van der Waals surface area contributed by atoms with Gasteiger partial charge in [-0.25, -0.2) is 0 Å². The van der Waals surface area contributed by atoms with Crippen molar-refractivity contribution in [3.8, 4) is 0 Å². The summed E-state index contributed by atoms with van der Waals surface area (Å²) in [6.45, 7) is 0. The molecule has 0 saturated heterocycles. The van der Waals surface area contributed by atoms with Crippen LogP contribution in [0.5, 0.6) is 0 Å². The largest absolute Gasteiger partial charge is 0.393 e. The topological polar surface area (TPSA) is 20.2 Å². The van der Waals surface area contributed by atoms with E-state index >= 15 is 0 Å². The van der Waals surface area contributed by atoms with Crippen molar-refractivity contribution in [2.45, 2.75) is 25.4 Å². The van der Waals surface area contributed by atoms with Crippen LogP contribution < -0.4 is 0 Å². The molecule has 4 bridgehead atoms. The number of aliphatic hydroxyl groups is 1. The molecule has 1 heteroatoms. The molecule has 0 amide bonds. The van der Waals surface area contributed by atoms with Gasteiger partial charge in [0.15, 0.2) is 0 Å². The van der Waals surface area contributed by atoms with Crippen LogP contribution in [0.25, 0.3) is 0 Å². The molecule has 5 aliphatic rings. The van der Waals surface area contributed by atoms with Crippen LogP contribution in [0.1, 0.15) is 19.3 Å². The molecule has 1 nitrogen and oxygen atoms in total. The summed E-state index contributed by atoms with van der Waals surface area (Å²) in [5, 5.41) is 10.2. The molecule has 5 saturated carbocycles. The highest BCUT2D eigenvalue weighted by atomic mass is 16.3. The first kappa shape index (κ1) is 6.44. The summed E-state index contributed by atoms with van der Waals surface area (Å²) in [6.07, 6.45) is 4.59. The Morgan fingerprint density at radius 3 is 2.31 bits per heavy atom. The van der Waals surface area contributed by atoms with Gasteiger partial charge in [0.25, 0.3) is 0 Å². The average molecular weight is 176 g/mol. The lowest BCUT2D eigenvalue weighted by molar-refractivity contribution is 0.0327. The number of rotatable bonds is 0. The number of hydrogen-bond donors (Lipinski definition) is 1. The smallest absolute Gasteiger partial charge is 0.0605 e. The molecule has 0 aromatic rings. The fraction of sp³-hybridized carbons (Fsp3) is 1.00. The van der Waals surface area contributed by atoms with E-state index in [1.165, 1.54) is 12.8 Å². The molecule has 13 heavy (non-hydrogen) atoms. The minimum atomic E-state index is 0.131. The Balaban J connectivity index is 1.82. The molecular weight excluding hydrogens is 160 g/mol. The first-order chi connectivity index (χ1) is 6.36. The van der Waals surface area contributed by atoms with Gasteiger partial charge in [0.05, 0.1) is 6.10 Å². The lowest BCUT2D eigenvalue weighted by atomic mass is 9.77. The molecule has 70 valence electrons. The van der Waals surface area contributed by atoms with Crippen LogP contribution in [-0.4, -0.2) is 11.2 Å². The standard InChI is InChI=1S/C12H16O/c13-12-8-3-7-10-5-1-4(9(8)10)2-6(5)11(7)12/h4-13H,1-3H2/t4?,5?,6?,7?,8?,9?,10?,11?,12-/m1/s1. The van der Waals surface area contributed by atoms with Crippen LogP contribution in [0.15, 0.2) is 0 Å². The van der Waals surface area contributed by atoms with E-state index in [0.717, 1.165) is 47.3 Å². The Morgan fingerprint density at radius 2 is 1.46 bits per heavy atom. The average Bonchev–Trinajstić information content (AvgIpc) is 2.74. The molecule has 0 aromatic carbocycles. The molecule has 9 atom stereocenters. The maximum Gasteiger partial charge on any atom is 0.0605 e. The van der Waals surface area contributed by atoms with Gasteiger partial charge in [0.2, 0.25) is 0 Å². The fourth-order valence-electron chi connectivity index (χ4n) is 6.70. The van der Waals surface area contributed by atoms with Gasteiger partial charge in [0, 0.05) is 0 Å². The fourth-order valence-corrected chi connectivity index (χ4v) is 6.70. The zero-order valence-corrected chi connectivity index (χ0v) is 7.76. The van der Waals surface area contributed by atoms with E-state index < -0.39 is 0 Å². The molecule has 0 spiro atoms. The Hall–Kier alpha value is -0.0400. The first-order valence-corrected chi connectivity index (χ1v) is 6.04. The summed E-state index contributed by atoms with van der Waals surface area (Å²) >= 11 is 0. The van der Waals surface area contributed by atoms with Gasteiger partial charge in [-0.2, -0.15) is 0 Å². The SMILES string of the molecule is O[C@@H]1C2CC3C4C5CC(CC5C31)C42. The summed E-state index contributed by atoms with van der Waals surface area (Å²) < 4.78 is 0. The van der Waals surface area contributed by atoms with Gasteiger partial charge in [0.1, 0.15) is 0 Å². The maximum atomic E-state index is 10.2. The van der Waals surface area contributed by atoms with Crippen molar-refractivity contribution in [3.63, 3.8) is 0 Å². The Bertz CT molecular complexity index is 290. The normalized spacial score (nSPS) is 80.5. The van der Waals surface area contributed by atoms with E-state index in [1.807, 2.05) is 0 Å². The van der Waals surface area contributed by atoms with E-state index in [4.69, 9.17) is 0 Å².